The summed E-state index contributed by atoms with van der Waals surface area (Å²) >= 11 is 1.60. The molecule has 4 heteroatoms. The number of rotatable bonds is 3. The van der Waals surface area contributed by atoms with E-state index in [-0.39, 0.29) is 5.91 Å². The van der Waals surface area contributed by atoms with Crippen LogP contribution < -0.4 is 5.32 Å². The number of carbonyl (C=O) groups excluding carboxylic acids is 1. The molecule has 1 aromatic heterocycles. The number of benzene rings is 1. The van der Waals surface area contributed by atoms with Gasteiger partial charge in [0.05, 0.1) is 4.88 Å². The molecular formula is C15H18N2OS. The van der Waals surface area contributed by atoms with Crippen molar-refractivity contribution < 1.29 is 4.79 Å². The van der Waals surface area contributed by atoms with Crippen molar-refractivity contribution in [1.82, 2.24) is 10.2 Å². The number of hydrogen-bond acceptors (Lipinski definition) is 3. The van der Waals surface area contributed by atoms with Gasteiger partial charge in [0.1, 0.15) is 0 Å². The Morgan fingerprint density at radius 1 is 1.47 bits per heavy atom. The molecule has 1 unspecified atom stereocenters. The van der Waals surface area contributed by atoms with Gasteiger partial charge in [0.2, 0.25) is 0 Å². The maximum Gasteiger partial charge on any atom is 0.264 e. The molecule has 1 fully saturated rings. The predicted octanol–water partition coefficient (Wildman–Crippen LogP) is 2.73. The molecule has 3 rings (SSSR count). The molecule has 3 nitrogen and oxygen atoms in total. The van der Waals surface area contributed by atoms with Crippen LogP contribution in [-0.2, 0) is 0 Å². The summed E-state index contributed by atoms with van der Waals surface area (Å²) in [5.41, 5.74) is 0. The fourth-order valence-corrected chi connectivity index (χ4v) is 3.72. The van der Waals surface area contributed by atoms with Crippen molar-refractivity contribution in [2.75, 3.05) is 19.6 Å². The third-order valence-corrected chi connectivity index (χ3v) is 4.82. The average molecular weight is 274 g/mol. The molecule has 1 saturated heterocycles. The van der Waals surface area contributed by atoms with Crippen LogP contribution in [0.2, 0.25) is 0 Å². The summed E-state index contributed by atoms with van der Waals surface area (Å²) in [4.78, 5) is 15.5. The minimum Gasteiger partial charge on any atom is -0.334 e. The molecule has 0 radical (unpaired) electrons. The minimum atomic E-state index is 0.178. The summed E-state index contributed by atoms with van der Waals surface area (Å²) < 4.78 is 1.19. The maximum atomic E-state index is 12.6. The van der Waals surface area contributed by atoms with Gasteiger partial charge < -0.3 is 10.2 Å². The van der Waals surface area contributed by atoms with Crippen molar-refractivity contribution in [3.8, 4) is 0 Å². The lowest BCUT2D eigenvalue weighted by Crippen LogP contribution is -2.41. The van der Waals surface area contributed by atoms with Crippen molar-refractivity contribution in [3.63, 3.8) is 0 Å². The van der Waals surface area contributed by atoms with E-state index in [9.17, 15) is 4.79 Å². The normalized spacial score (nSPS) is 18.9. The van der Waals surface area contributed by atoms with Crippen molar-refractivity contribution in [1.29, 1.82) is 0 Å². The Labute approximate surface area is 117 Å². The van der Waals surface area contributed by atoms with E-state index in [0.29, 0.717) is 6.04 Å². The third-order valence-electron chi connectivity index (χ3n) is 3.71. The molecule has 1 amide bonds. The van der Waals surface area contributed by atoms with E-state index < -0.39 is 0 Å². The maximum absolute atomic E-state index is 12.6. The minimum absolute atomic E-state index is 0.178. The summed E-state index contributed by atoms with van der Waals surface area (Å²) in [5, 5.41) is 4.49. The summed E-state index contributed by atoms with van der Waals surface area (Å²) in [7, 11) is 0. The Morgan fingerprint density at radius 2 is 2.32 bits per heavy atom. The molecule has 2 heterocycles. The van der Waals surface area contributed by atoms with Crippen LogP contribution in [0.25, 0.3) is 10.1 Å². The summed E-state index contributed by atoms with van der Waals surface area (Å²) in [6.07, 6.45) is 1.06. The van der Waals surface area contributed by atoms with Crippen LogP contribution in [0.5, 0.6) is 0 Å². The first kappa shape index (κ1) is 12.6. The standard InChI is InChI=1S/C15H18N2OS/c1-2-17(12-7-8-16-10-12)15(18)14-9-11-5-3-4-6-13(11)19-14/h3-6,9,12,16H,2,7-8,10H2,1H3. The zero-order valence-corrected chi connectivity index (χ0v) is 11.9. The topological polar surface area (TPSA) is 32.3 Å². The largest absolute Gasteiger partial charge is 0.334 e. The number of likely N-dealkylation sites (N-methyl/N-ethyl adjacent to an activating group) is 1. The Morgan fingerprint density at radius 3 is 3.00 bits per heavy atom. The van der Waals surface area contributed by atoms with Crippen LogP contribution in [0.3, 0.4) is 0 Å². The van der Waals surface area contributed by atoms with Gasteiger partial charge in [-0.1, -0.05) is 18.2 Å². The predicted molar refractivity (Wildman–Crippen MR) is 79.8 cm³/mol. The van der Waals surface area contributed by atoms with Crippen molar-refractivity contribution in [2.24, 2.45) is 0 Å². The molecule has 1 aliphatic rings. The highest BCUT2D eigenvalue weighted by Gasteiger charge is 2.26. The van der Waals surface area contributed by atoms with Crippen LogP contribution >= 0.6 is 11.3 Å². The molecular weight excluding hydrogens is 256 g/mol. The molecule has 0 bridgehead atoms. The lowest BCUT2D eigenvalue weighted by molar-refractivity contribution is 0.0709. The molecule has 1 N–H and O–H groups in total. The quantitative estimate of drug-likeness (QED) is 0.933. The fraction of sp³-hybridized carbons (Fsp3) is 0.400. The van der Waals surface area contributed by atoms with Crippen LogP contribution in [-0.4, -0.2) is 36.5 Å². The van der Waals surface area contributed by atoms with Gasteiger partial charge in [0, 0.05) is 23.8 Å². The monoisotopic (exact) mass is 274 g/mol. The second-order valence-electron chi connectivity index (χ2n) is 4.89. The molecule has 19 heavy (non-hydrogen) atoms. The van der Waals surface area contributed by atoms with E-state index in [1.807, 2.05) is 23.1 Å². The first-order valence-corrected chi connectivity index (χ1v) is 7.61. The number of nitrogens with zero attached hydrogens (tertiary/aromatic N) is 1. The number of amides is 1. The van der Waals surface area contributed by atoms with Crippen LogP contribution in [0.4, 0.5) is 0 Å². The van der Waals surface area contributed by atoms with Crippen LogP contribution in [0, 0.1) is 0 Å². The van der Waals surface area contributed by atoms with Gasteiger partial charge in [0.15, 0.2) is 0 Å². The first-order valence-electron chi connectivity index (χ1n) is 6.80. The Balaban J connectivity index is 1.88. The second-order valence-corrected chi connectivity index (χ2v) is 5.97. The number of fused-ring (bicyclic) bond motifs is 1. The zero-order chi connectivity index (χ0) is 13.2. The summed E-state index contributed by atoms with van der Waals surface area (Å²) in [6, 6.07) is 10.5. The summed E-state index contributed by atoms with van der Waals surface area (Å²) in [6.45, 7) is 4.77. The molecule has 0 spiro atoms. The Bertz CT molecular complexity index is 554. The van der Waals surface area contributed by atoms with E-state index in [0.717, 1.165) is 36.3 Å². The lowest BCUT2D eigenvalue weighted by atomic mass is 10.2. The van der Waals surface area contributed by atoms with Crippen molar-refractivity contribution >= 4 is 27.3 Å². The first-order chi connectivity index (χ1) is 9.29. The molecule has 100 valence electrons. The molecule has 0 aliphatic carbocycles. The Hall–Kier alpha value is -1.39. The van der Waals surface area contributed by atoms with E-state index in [1.54, 1.807) is 11.3 Å². The van der Waals surface area contributed by atoms with E-state index >= 15 is 0 Å². The molecule has 1 atom stereocenters. The molecule has 2 aromatic rings. The zero-order valence-electron chi connectivity index (χ0n) is 11.1. The second kappa shape index (κ2) is 5.31. The molecule has 1 aliphatic heterocycles. The fourth-order valence-electron chi connectivity index (χ4n) is 2.70. The number of nitrogens with one attached hydrogen (secondary N) is 1. The third kappa shape index (κ3) is 2.38. The smallest absolute Gasteiger partial charge is 0.264 e. The highest BCUT2D eigenvalue weighted by atomic mass is 32.1. The Kier molecular flexibility index (Phi) is 3.53. The van der Waals surface area contributed by atoms with E-state index in [1.165, 1.54) is 4.70 Å². The lowest BCUT2D eigenvalue weighted by Gasteiger charge is -2.26. The van der Waals surface area contributed by atoms with Crippen LogP contribution in [0.15, 0.2) is 30.3 Å². The summed E-state index contributed by atoms with van der Waals surface area (Å²) in [5.74, 6) is 0.178. The molecule has 1 aromatic carbocycles. The van der Waals surface area contributed by atoms with Gasteiger partial charge in [-0.25, -0.2) is 0 Å². The highest BCUT2D eigenvalue weighted by Crippen LogP contribution is 2.27. The SMILES string of the molecule is CCN(C(=O)c1cc2ccccc2s1)C1CCNC1. The van der Waals surface area contributed by atoms with Gasteiger partial charge in [-0.15, -0.1) is 11.3 Å². The average Bonchev–Trinajstić information content (AvgIpc) is 3.08. The van der Waals surface area contributed by atoms with Gasteiger partial charge in [0.25, 0.3) is 5.91 Å². The highest BCUT2D eigenvalue weighted by molar-refractivity contribution is 7.20. The number of carbonyl (C=O) groups is 1. The van der Waals surface area contributed by atoms with Crippen molar-refractivity contribution in [2.45, 2.75) is 19.4 Å². The van der Waals surface area contributed by atoms with E-state index in [4.69, 9.17) is 0 Å². The van der Waals surface area contributed by atoms with Crippen molar-refractivity contribution in [3.05, 3.63) is 35.2 Å². The van der Waals surface area contributed by atoms with Crippen LogP contribution in [0.1, 0.15) is 23.0 Å². The van der Waals surface area contributed by atoms with Gasteiger partial charge in [-0.2, -0.15) is 0 Å². The number of thiophene rings is 1. The van der Waals surface area contributed by atoms with Gasteiger partial charge >= 0.3 is 0 Å². The van der Waals surface area contributed by atoms with Gasteiger partial charge in [-0.3, -0.25) is 4.79 Å². The molecule has 0 saturated carbocycles. The number of hydrogen-bond donors (Lipinski definition) is 1. The van der Waals surface area contributed by atoms with Gasteiger partial charge in [-0.05, 0) is 37.4 Å². The van der Waals surface area contributed by atoms with E-state index in [2.05, 4.69) is 24.4 Å².